The van der Waals surface area contributed by atoms with E-state index < -0.39 is 0 Å². The van der Waals surface area contributed by atoms with Crippen LogP contribution in [0.1, 0.15) is 42.9 Å². The van der Waals surface area contributed by atoms with Gasteiger partial charge >= 0.3 is 0 Å². The summed E-state index contributed by atoms with van der Waals surface area (Å²) in [4.78, 5) is 0. The molecule has 17 heavy (non-hydrogen) atoms. The summed E-state index contributed by atoms with van der Waals surface area (Å²) in [6, 6.07) is 2.05. The van der Waals surface area contributed by atoms with E-state index in [9.17, 15) is 5.11 Å². The van der Waals surface area contributed by atoms with Crippen LogP contribution in [-0.4, -0.2) is 15.3 Å². The van der Waals surface area contributed by atoms with Gasteiger partial charge in [0.1, 0.15) is 0 Å². The predicted molar refractivity (Wildman–Crippen MR) is 69.0 cm³/mol. The SMILES string of the molecule is OCc1c(-c2ccsc2)n[nH]c1C1CCCC1. The van der Waals surface area contributed by atoms with Crippen LogP contribution in [0.3, 0.4) is 0 Å². The number of rotatable bonds is 3. The van der Waals surface area contributed by atoms with Crippen LogP contribution in [-0.2, 0) is 6.61 Å². The van der Waals surface area contributed by atoms with Gasteiger partial charge in [0.05, 0.1) is 12.3 Å². The molecule has 1 aliphatic rings. The lowest BCUT2D eigenvalue weighted by molar-refractivity contribution is 0.280. The molecule has 1 saturated carbocycles. The average Bonchev–Trinajstić information content (AvgIpc) is 3.09. The average molecular weight is 248 g/mol. The summed E-state index contributed by atoms with van der Waals surface area (Å²) in [5.74, 6) is 0.567. The molecule has 0 aliphatic heterocycles. The highest BCUT2D eigenvalue weighted by atomic mass is 32.1. The number of nitrogens with zero attached hydrogens (tertiary/aromatic N) is 1. The summed E-state index contributed by atoms with van der Waals surface area (Å²) < 4.78 is 0. The molecule has 1 aliphatic carbocycles. The summed E-state index contributed by atoms with van der Waals surface area (Å²) in [6.07, 6.45) is 5.03. The maximum absolute atomic E-state index is 9.59. The molecule has 0 amide bonds. The molecule has 2 aromatic heterocycles. The fourth-order valence-electron chi connectivity index (χ4n) is 2.73. The van der Waals surface area contributed by atoms with Gasteiger partial charge < -0.3 is 5.11 Å². The number of H-pyrrole nitrogens is 1. The smallest absolute Gasteiger partial charge is 0.0987 e. The zero-order valence-electron chi connectivity index (χ0n) is 9.65. The summed E-state index contributed by atoms with van der Waals surface area (Å²) in [5, 5.41) is 21.3. The van der Waals surface area contributed by atoms with E-state index in [1.165, 1.54) is 25.7 Å². The molecule has 0 bridgehead atoms. The first-order chi connectivity index (χ1) is 8.40. The topological polar surface area (TPSA) is 48.9 Å². The van der Waals surface area contributed by atoms with Crippen molar-refractivity contribution in [2.45, 2.75) is 38.2 Å². The van der Waals surface area contributed by atoms with Crippen LogP contribution in [0.25, 0.3) is 11.3 Å². The molecule has 0 radical (unpaired) electrons. The second-order valence-electron chi connectivity index (χ2n) is 4.62. The molecule has 2 aromatic rings. The van der Waals surface area contributed by atoms with E-state index in [4.69, 9.17) is 0 Å². The summed E-state index contributed by atoms with van der Waals surface area (Å²) in [7, 11) is 0. The van der Waals surface area contributed by atoms with Gasteiger partial charge in [-0.1, -0.05) is 12.8 Å². The van der Waals surface area contributed by atoms with Crippen molar-refractivity contribution in [1.82, 2.24) is 10.2 Å². The highest BCUT2D eigenvalue weighted by Crippen LogP contribution is 2.37. The zero-order valence-corrected chi connectivity index (χ0v) is 10.5. The number of hydrogen-bond acceptors (Lipinski definition) is 3. The van der Waals surface area contributed by atoms with E-state index in [1.54, 1.807) is 11.3 Å². The van der Waals surface area contributed by atoms with Crippen LogP contribution in [0, 0.1) is 0 Å². The van der Waals surface area contributed by atoms with E-state index in [2.05, 4.69) is 21.6 Å². The van der Waals surface area contributed by atoms with Crippen LogP contribution >= 0.6 is 11.3 Å². The zero-order chi connectivity index (χ0) is 11.7. The fourth-order valence-corrected chi connectivity index (χ4v) is 3.37. The van der Waals surface area contributed by atoms with Crippen molar-refractivity contribution in [2.75, 3.05) is 0 Å². The van der Waals surface area contributed by atoms with E-state index in [0.29, 0.717) is 5.92 Å². The van der Waals surface area contributed by atoms with Gasteiger partial charge in [0, 0.05) is 28.1 Å². The van der Waals surface area contributed by atoms with Gasteiger partial charge in [0.25, 0.3) is 0 Å². The minimum absolute atomic E-state index is 0.0769. The number of thiophene rings is 1. The molecule has 0 aromatic carbocycles. The van der Waals surface area contributed by atoms with Crippen molar-refractivity contribution in [3.63, 3.8) is 0 Å². The number of hydrogen-bond donors (Lipinski definition) is 2. The Morgan fingerprint density at radius 2 is 2.24 bits per heavy atom. The Morgan fingerprint density at radius 3 is 2.88 bits per heavy atom. The molecule has 0 unspecified atom stereocenters. The number of aliphatic hydroxyl groups excluding tert-OH is 1. The van der Waals surface area contributed by atoms with Crippen molar-refractivity contribution in [3.05, 3.63) is 28.1 Å². The summed E-state index contributed by atoms with van der Waals surface area (Å²) >= 11 is 1.66. The molecule has 90 valence electrons. The third-order valence-electron chi connectivity index (χ3n) is 3.62. The van der Waals surface area contributed by atoms with Crippen LogP contribution in [0.2, 0.25) is 0 Å². The summed E-state index contributed by atoms with van der Waals surface area (Å²) in [5.41, 5.74) is 4.19. The molecule has 4 heteroatoms. The van der Waals surface area contributed by atoms with Crippen molar-refractivity contribution >= 4 is 11.3 Å². The Hall–Kier alpha value is -1.13. The molecule has 3 nitrogen and oxygen atoms in total. The van der Waals surface area contributed by atoms with Gasteiger partial charge in [-0.05, 0) is 24.3 Å². The normalized spacial score (nSPS) is 16.8. The maximum atomic E-state index is 9.59. The van der Waals surface area contributed by atoms with Crippen molar-refractivity contribution in [1.29, 1.82) is 0 Å². The first-order valence-electron chi connectivity index (χ1n) is 6.10. The number of nitrogens with one attached hydrogen (secondary N) is 1. The third-order valence-corrected chi connectivity index (χ3v) is 4.30. The van der Waals surface area contributed by atoms with Crippen molar-refractivity contribution < 1.29 is 5.11 Å². The van der Waals surface area contributed by atoms with Gasteiger partial charge in [0.2, 0.25) is 0 Å². The fraction of sp³-hybridized carbons (Fsp3) is 0.462. The van der Waals surface area contributed by atoms with E-state index in [0.717, 1.165) is 22.5 Å². The van der Waals surface area contributed by atoms with E-state index >= 15 is 0 Å². The number of aromatic amines is 1. The molecule has 0 spiro atoms. The highest BCUT2D eigenvalue weighted by Gasteiger charge is 2.24. The quantitative estimate of drug-likeness (QED) is 0.875. The largest absolute Gasteiger partial charge is 0.392 e. The second kappa shape index (κ2) is 4.63. The molecule has 0 atom stereocenters. The van der Waals surface area contributed by atoms with Crippen LogP contribution in [0.15, 0.2) is 16.8 Å². The van der Waals surface area contributed by atoms with Gasteiger partial charge in [0.15, 0.2) is 0 Å². The molecule has 0 saturated heterocycles. The van der Waals surface area contributed by atoms with E-state index in [-0.39, 0.29) is 6.61 Å². The van der Waals surface area contributed by atoms with Gasteiger partial charge in [-0.2, -0.15) is 16.4 Å². The van der Waals surface area contributed by atoms with Gasteiger partial charge in [-0.25, -0.2) is 0 Å². The molecule has 3 rings (SSSR count). The second-order valence-corrected chi connectivity index (χ2v) is 5.40. The number of aliphatic hydroxyl groups is 1. The minimum Gasteiger partial charge on any atom is -0.392 e. The standard InChI is InChI=1S/C13H16N2OS/c16-7-11-12(9-3-1-2-4-9)14-15-13(11)10-5-6-17-8-10/h5-6,8-9,16H,1-4,7H2,(H,14,15). The molecule has 2 heterocycles. The molecular formula is C13H16N2OS. The predicted octanol–water partition coefficient (Wildman–Crippen LogP) is 3.29. The minimum atomic E-state index is 0.0769. The third kappa shape index (κ3) is 1.91. The Bertz CT molecular complexity index is 483. The van der Waals surface area contributed by atoms with Gasteiger partial charge in [-0.15, -0.1) is 0 Å². The number of aromatic nitrogens is 2. The van der Waals surface area contributed by atoms with Crippen LogP contribution in [0.5, 0.6) is 0 Å². The lowest BCUT2D eigenvalue weighted by atomic mass is 9.98. The van der Waals surface area contributed by atoms with Crippen LogP contribution < -0.4 is 0 Å². The summed E-state index contributed by atoms with van der Waals surface area (Å²) in [6.45, 7) is 0.0769. The van der Waals surface area contributed by atoms with Crippen molar-refractivity contribution in [2.24, 2.45) is 0 Å². The monoisotopic (exact) mass is 248 g/mol. The Morgan fingerprint density at radius 1 is 1.41 bits per heavy atom. The van der Waals surface area contributed by atoms with E-state index in [1.807, 2.05) is 5.38 Å². The lowest BCUT2D eigenvalue weighted by Crippen LogP contribution is -1.98. The Kier molecular flexibility index (Phi) is 2.99. The van der Waals surface area contributed by atoms with Crippen LogP contribution in [0.4, 0.5) is 0 Å². The lowest BCUT2D eigenvalue weighted by Gasteiger charge is -2.08. The molecular weight excluding hydrogens is 232 g/mol. The first-order valence-corrected chi connectivity index (χ1v) is 7.05. The Balaban J connectivity index is 2.00. The van der Waals surface area contributed by atoms with Gasteiger partial charge in [-0.3, -0.25) is 5.10 Å². The maximum Gasteiger partial charge on any atom is 0.0987 e. The molecule has 1 fully saturated rings. The van der Waals surface area contributed by atoms with Crippen molar-refractivity contribution in [3.8, 4) is 11.3 Å². The Labute approximate surface area is 105 Å². The highest BCUT2D eigenvalue weighted by molar-refractivity contribution is 7.08. The first kappa shape index (κ1) is 11.0. The molecule has 2 N–H and O–H groups in total.